The van der Waals surface area contributed by atoms with Gasteiger partial charge in [-0.1, -0.05) is 24.3 Å². The van der Waals surface area contributed by atoms with Gasteiger partial charge >= 0.3 is 0 Å². The van der Waals surface area contributed by atoms with Crippen molar-refractivity contribution < 1.29 is 23.8 Å². The Morgan fingerprint density at radius 3 is 2.35 bits per heavy atom. The van der Waals surface area contributed by atoms with Crippen LogP contribution in [0.5, 0.6) is 17.2 Å². The van der Waals surface area contributed by atoms with Crippen LogP contribution in [-0.2, 0) is 4.79 Å². The topological polar surface area (TPSA) is 77.1 Å². The molecule has 1 fully saturated rings. The number of para-hydroxylation sites is 2. The van der Waals surface area contributed by atoms with Crippen molar-refractivity contribution in [1.82, 2.24) is 0 Å². The smallest absolute Gasteiger partial charge is 0.255 e. The number of benzene rings is 3. The minimum absolute atomic E-state index is 0.0338. The lowest BCUT2D eigenvalue weighted by Crippen LogP contribution is -2.28. The molecule has 3 aromatic carbocycles. The van der Waals surface area contributed by atoms with Gasteiger partial charge in [0.05, 0.1) is 32.3 Å². The number of anilines is 2. The van der Waals surface area contributed by atoms with Crippen LogP contribution in [0.2, 0.25) is 0 Å². The number of rotatable bonds is 8. The first-order chi connectivity index (χ1) is 16.5. The summed E-state index contributed by atoms with van der Waals surface area (Å²) in [5.74, 6) is 1.91. The highest BCUT2D eigenvalue weighted by atomic mass is 32.2. The van der Waals surface area contributed by atoms with Crippen LogP contribution in [0.3, 0.4) is 0 Å². The summed E-state index contributed by atoms with van der Waals surface area (Å²) in [6.45, 7) is 2.44. The second-order valence-electron chi connectivity index (χ2n) is 7.51. The number of nitrogens with one attached hydrogen (secondary N) is 1. The van der Waals surface area contributed by atoms with Crippen molar-refractivity contribution in [2.24, 2.45) is 0 Å². The summed E-state index contributed by atoms with van der Waals surface area (Å²) in [6, 6.07) is 20.1. The molecule has 1 aliphatic rings. The average molecular weight is 479 g/mol. The standard InChI is InChI=1S/C26H26N2O5S/c1-4-33-23-8-6-5-7-22(23)28-24(29)16-34-26(28)17-9-11-19(12-10-17)27-25(30)18-13-20(31-2)15-21(14-18)32-3/h5-15,26H,4,16H2,1-3H3,(H,27,30). The monoisotopic (exact) mass is 478 g/mol. The summed E-state index contributed by atoms with van der Waals surface area (Å²) < 4.78 is 16.2. The molecule has 0 aliphatic carbocycles. The van der Waals surface area contributed by atoms with Crippen molar-refractivity contribution in [2.45, 2.75) is 12.3 Å². The molecule has 1 heterocycles. The summed E-state index contributed by atoms with van der Waals surface area (Å²) in [7, 11) is 3.08. The molecule has 1 aliphatic heterocycles. The van der Waals surface area contributed by atoms with Crippen LogP contribution in [0, 0.1) is 0 Å². The first kappa shape index (κ1) is 23.5. The fourth-order valence-electron chi connectivity index (χ4n) is 3.74. The van der Waals surface area contributed by atoms with Gasteiger partial charge in [-0.25, -0.2) is 0 Å². The molecule has 4 rings (SSSR count). The fraction of sp³-hybridized carbons (Fsp3) is 0.231. The van der Waals surface area contributed by atoms with E-state index in [1.165, 1.54) is 14.2 Å². The van der Waals surface area contributed by atoms with E-state index in [0.717, 1.165) is 11.3 Å². The van der Waals surface area contributed by atoms with Crippen LogP contribution in [-0.4, -0.2) is 38.4 Å². The van der Waals surface area contributed by atoms with Crippen molar-refractivity contribution in [3.8, 4) is 17.2 Å². The van der Waals surface area contributed by atoms with E-state index < -0.39 is 0 Å². The van der Waals surface area contributed by atoms with Crippen molar-refractivity contribution >= 4 is 35.0 Å². The summed E-state index contributed by atoms with van der Waals surface area (Å²) in [4.78, 5) is 27.3. The third-order valence-electron chi connectivity index (χ3n) is 5.36. The first-order valence-corrected chi connectivity index (χ1v) is 11.9. The Balaban J connectivity index is 1.53. The number of carbonyl (C=O) groups excluding carboxylic acids is 2. The Kier molecular flexibility index (Phi) is 7.27. The maximum atomic E-state index is 12.8. The van der Waals surface area contributed by atoms with Crippen molar-refractivity contribution in [3.05, 3.63) is 77.9 Å². The molecule has 0 saturated carbocycles. The number of carbonyl (C=O) groups is 2. The van der Waals surface area contributed by atoms with Crippen LogP contribution >= 0.6 is 11.8 Å². The molecule has 0 aromatic heterocycles. The Labute approximate surface area is 203 Å². The predicted molar refractivity (Wildman–Crippen MR) is 134 cm³/mol. The Hall–Kier alpha value is -3.65. The number of nitrogens with zero attached hydrogens (tertiary/aromatic N) is 1. The van der Waals surface area contributed by atoms with Gasteiger partial charge in [-0.2, -0.15) is 0 Å². The normalized spacial score (nSPS) is 15.2. The Morgan fingerprint density at radius 2 is 1.71 bits per heavy atom. The Bertz CT molecular complexity index is 1160. The van der Waals surface area contributed by atoms with E-state index >= 15 is 0 Å². The molecule has 1 unspecified atom stereocenters. The number of hydrogen-bond donors (Lipinski definition) is 1. The third kappa shape index (κ3) is 4.97. The van der Waals surface area contributed by atoms with Crippen LogP contribution in [0.25, 0.3) is 0 Å². The molecule has 176 valence electrons. The van der Waals surface area contributed by atoms with Crippen molar-refractivity contribution in [1.29, 1.82) is 0 Å². The number of thioether (sulfide) groups is 1. The van der Waals surface area contributed by atoms with E-state index in [1.807, 2.05) is 55.5 Å². The van der Waals surface area contributed by atoms with Gasteiger partial charge in [-0.3, -0.25) is 14.5 Å². The predicted octanol–water partition coefficient (Wildman–Crippen LogP) is 5.13. The molecule has 8 heteroatoms. The van der Waals surface area contributed by atoms with Gasteiger partial charge in [-0.05, 0) is 48.9 Å². The molecule has 0 bridgehead atoms. The van der Waals surface area contributed by atoms with Gasteiger partial charge in [0.15, 0.2) is 0 Å². The zero-order valence-electron chi connectivity index (χ0n) is 19.2. The highest BCUT2D eigenvalue weighted by Crippen LogP contribution is 2.44. The van der Waals surface area contributed by atoms with Crippen molar-refractivity contribution in [3.63, 3.8) is 0 Å². The van der Waals surface area contributed by atoms with Gasteiger partial charge in [0.25, 0.3) is 5.91 Å². The molecule has 3 aromatic rings. The van der Waals surface area contributed by atoms with Crippen LogP contribution < -0.4 is 24.4 Å². The van der Waals surface area contributed by atoms with E-state index in [4.69, 9.17) is 14.2 Å². The summed E-state index contributed by atoms with van der Waals surface area (Å²) in [5.41, 5.74) is 2.79. The van der Waals surface area contributed by atoms with Crippen molar-refractivity contribution in [2.75, 3.05) is 36.8 Å². The second kappa shape index (κ2) is 10.5. The Morgan fingerprint density at radius 1 is 1.03 bits per heavy atom. The highest BCUT2D eigenvalue weighted by molar-refractivity contribution is 8.00. The zero-order valence-corrected chi connectivity index (χ0v) is 20.1. The summed E-state index contributed by atoms with van der Waals surface area (Å²) in [5, 5.41) is 2.72. The van der Waals surface area contributed by atoms with Crippen LogP contribution in [0.4, 0.5) is 11.4 Å². The van der Waals surface area contributed by atoms with E-state index in [0.29, 0.717) is 40.9 Å². The molecule has 1 atom stereocenters. The molecular formula is C26H26N2O5S. The van der Waals surface area contributed by atoms with E-state index in [-0.39, 0.29) is 17.2 Å². The third-order valence-corrected chi connectivity index (χ3v) is 6.57. The minimum Gasteiger partial charge on any atom is -0.497 e. The number of methoxy groups -OCH3 is 2. The molecule has 0 radical (unpaired) electrons. The molecule has 0 spiro atoms. The fourth-order valence-corrected chi connectivity index (χ4v) is 4.91. The molecular weight excluding hydrogens is 452 g/mol. The van der Waals surface area contributed by atoms with E-state index in [2.05, 4.69) is 5.32 Å². The van der Waals surface area contributed by atoms with E-state index in [1.54, 1.807) is 34.9 Å². The van der Waals surface area contributed by atoms with Crippen LogP contribution in [0.15, 0.2) is 66.7 Å². The number of amides is 2. The zero-order chi connectivity index (χ0) is 24.1. The van der Waals surface area contributed by atoms with Gasteiger partial charge in [0.1, 0.15) is 22.6 Å². The van der Waals surface area contributed by atoms with Gasteiger partial charge in [0.2, 0.25) is 5.91 Å². The lowest BCUT2D eigenvalue weighted by atomic mass is 10.1. The summed E-state index contributed by atoms with van der Waals surface area (Å²) in [6.07, 6.45) is 0. The SMILES string of the molecule is CCOc1ccccc1N1C(=O)CSC1c1ccc(NC(=O)c2cc(OC)cc(OC)c2)cc1. The maximum absolute atomic E-state index is 12.8. The molecule has 34 heavy (non-hydrogen) atoms. The second-order valence-corrected chi connectivity index (χ2v) is 8.57. The average Bonchev–Trinajstić information content (AvgIpc) is 3.25. The minimum atomic E-state index is -0.275. The summed E-state index contributed by atoms with van der Waals surface area (Å²) >= 11 is 1.56. The van der Waals surface area contributed by atoms with Gasteiger partial charge in [0, 0.05) is 17.3 Å². The lowest BCUT2D eigenvalue weighted by Gasteiger charge is -2.26. The number of hydrogen-bond acceptors (Lipinski definition) is 6. The van der Waals surface area contributed by atoms with Gasteiger partial charge in [-0.15, -0.1) is 11.8 Å². The highest BCUT2D eigenvalue weighted by Gasteiger charge is 2.35. The molecule has 7 nitrogen and oxygen atoms in total. The number of ether oxygens (including phenoxy) is 3. The molecule has 2 amide bonds. The maximum Gasteiger partial charge on any atom is 0.255 e. The molecule has 1 saturated heterocycles. The van der Waals surface area contributed by atoms with Gasteiger partial charge < -0.3 is 19.5 Å². The largest absolute Gasteiger partial charge is 0.497 e. The lowest BCUT2D eigenvalue weighted by molar-refractivity contribution is -0.115. The quantitative estimate of drug-likeness (QED) is 0.484. The van der Waals surface area contributed by atoms with E-state index in [9.17, 15) is 9.59 Å². The molecule has 1 N–H and O–H groups in total. The first-order valence-electron chi connectivity index (χ1n) is 10.8. The van der Waals surface area contributed by atoms with Crippen LogP contribution in [0.1, 0.15) is 28.2 Å².